The molecule has 3 N–H and O–H groups in total. The normalized spacial score (nSPS) is 10.8. The molecule has 1 aromatic carbocycles. The third-order valence-corrected chi connectivity index (χ3v) is 2.85. The highest BCUT2D eigenvalue weighted by atomic mass is 16.5. The molecular weight excluding hydrogens is 260 g/mol. The van der Waals surface area contributed by atoms with E-state index < -0.39 is 0 Å². The molecule has 106 valence electrons. The maximum Gasteiger partial charge on any atom is 0.231 e. The van der Waals surface area contributed by atoms with Crippen molar-refractivity contribution in [3.63, 3.8) is 0 Å². The van der Waals surface area contributed by atoms with Gasteiger partial charge < -0.3 is 14.7 Å². The number of anilines is 1. The van der Waals surface area contributed by atoms with Crippen molar-refractivity contribution in [2.24, 2.45) is 0 Å². The molecule has 0 spiro atoms. The van der Waals surface area contributed by atoms with Crippen molar-refractivity contribution in [3.8, 4) is 22.8 Å². The molecule has 2 rings (SSSR count). The average Bonchev–Trinajstić information content (AvgIpc) is 2.75. The summed E-state index contributed by atoms with van der Waals surface area (Å²) >= 11 is 0. The van der Waals surface area contributed by atoms with Gasteiger partial charge in [0.2, 0.25) is 11.8 Å². The van der Waals surface area contributed by atoms with E-state index in [0.29, 0.717) is 16.8 Å². The zero-order valence-electron chi connectivity index (χ0n) is 11.5. The van der Waals surface area contributed by atoms with E-state index in [9.17, 15) is 15.0 Å². The number of aromatic hydroxyl groups is 2. The summed E-state index contributed by atoms with van der Waals surface area (Å²) in [6, 6.07) is 4.44. The van der Waals surface area contributed by atoms with Crippen molar-refractivity contribution < 1.29 is 19.5 Å². The molecule has 0 aliphatic heterocycles. The molecule has 0 aliphatic rings. The lowest BCUT2D eigenvalue weighted by Crippen LogP contribution is -2.04. The highest BCUT2D eigenvalue weighted by molar-refractivity contribution is 5.87. The number of carbonyl (C=O) groups excluding carboxylic acids is 1. The van der Waals surface area contributed by atoms with Gasteiger partial charge in [-0.15, -0.1) is 0 Å². The fraction of sp³-hybridized carbons (Fsp3) is 0.286. The second kappa shape index (κ2) is 5.24. The molecule has 0 atom stereocenters. The molecule has 0 saturated heterocycles. The first kappa shape index (κ1) is 13.9. The van der Waals surface area contributed by atoms with Gasteiger partial charge in [-0.1, -0.05) is 19.0 Å². The number of aromatic nitrogens is 1. The van der Waals surface area contributed by atoms with Gasteiger partial charge in [0, 0.05) is 24.6 Å². The number of benzene rings is 1. The first-order chi connectivity index (χ1) is 9.38. The first-order valence-electron chi connectivity index (χ1n) is 6.19. The Morgan fingerprint density at radius 1 is 1.25 bits per heavy atom. The summed E-state index contributed by atoms with van der Waals surface area (Å²) in [4.78, 5) is 10.9. The number of phenolic OH excluding ortho intramolecular Hbond substituents is 2. The molecule has 2 aromatic rings. The van der Waals surface area contributed by atoms with E-state index in [1.165, 1.54) is 19.1 Å². The minimum atomic E-state index is -0.273. The average molecular weight is 276 g/mol. The van der Waals surface area contributed by atoms with Gasteiger partial charge in [-0.25, -0.2) is 0 Å². The number of phenols is 2. The predicted octanol–water partition coefficient (Wildman–Crippen LogP) is 2.83. The topological polar surface area (TPSA) is 95.6 Å². The maximum absolute atomic E-state index is 10.9. The summed E-state index contributed by atoms with van der Waals surface area (Å²) in [5.41, 5.74) is 1.52. The van der Waals surface area contributed by atoms with Crippen LogP contribution >= 0.6 is 0 Å². The van der Waals surface area contributed by atoms with E-state index in [0.717, 1.165) is 0 Å². The molecule has 0 unspecified atom stereocenters. The van der Waals surface area contributed by atoms with Crippen molar-refractivity contribution in [2.75, 3.05) is 5.32 Å². The summed E-state index contributed by atoms with van der Waals surface area (Å²) in [5.74, 6) is -0.0472. The number of hydrogen-bond acceptors (Lipinski definition) is 5. The van der Waals surface area contributed by atoms with Crippen molar-refractivity contribution in [2.45, 2.75) is 26.7 Å². The molecular formula is C14H16N2O4. The lowest BCUT2D eigenvalue weighted by Gasteiger charge is -2.11. The fourth-order valence-corrected chi connectivity index (χ4v) is 1.90. The van der Waals surface area contributed by atoms with Crippen LogP contribution in [0.5, 0.6) is 11.5 Å². The summed E-state index contributed by atoms with van der Waals surface area (Å²) in [6.07, 6.45) is 0. The Hall–Kier alpha value is -2.50. The molecule has 0 aliphatic carbocycles. The van der Waals surface area contributed by atoms with E-state index in [4.69, 9.17) is 4.52 Å². The highest BCUT2D eigenvalue weighted by Crippen LogP contribution is 2.37. The van der Waals surface area contributed by atoms with Gasteiger partial charge in [-0.2, -0.15) is 0 Å². The highest BCUT2D eigenvalue weighted by Gasteiger charge is 2.16. The lowest BCUT2D eigenvalue weighted by atomic mass is 9.98. The Morgan fingerprint density at radius 2 is 1.95 bits per heavy atom. The van der Waals surface area contributed by atoms with Crippen LogP contribution in [0.15, 0.2) is 22.7 Å². The number of rotatable bonds is 3. The number of nitrogens with zero attached hydrogens (tertiary/aromatic N) is 1. The number of hydrogen-bond donors (Lipinski definition) is 3. The van der Waals surface area contributed by atoms with Crippen LogP contribution in [0.1, 0.15) is 32.3 Å². The van der Waals surface area contributed by atoms with Gasteiger partial charge in [-0.05, 0) is 17.5 Å². The van der Waals surface area contributed by atoms with Crippen LogP contribution in [0.2, 0.25) is 0 Å². The van der Waals surface area contributed by atoms with Gasteiger partial charge in [-0.3, -0.25) is 10.1 Å². The van der Waals surface area contributed by atoms with Crippen LogP contribution in [-0.4, -0.2) is 21.3 Å². The fourth-order valence-electron chi connectivity index (χ4n) is 1.90. The minimum absolute atomic E-state index is 0.0341. The molecule has 0 fully saturated rings. The van der Waals surface area contributed by atoms with E-state index in [2.05, 4.69) is 10.5 Å². The van der Waals surface area contributed by atoms with E-state index in [1.54, 1.807) is 6.07 Å². The molecule has 20 heavy (non-hydrogen) atoms. The lowest BCUT2D eigenvalue weighted by molar-refractivity contribution is -0.114. The molecule has 1 heterocycles. The van der Waals surface area contributed by atoms with Gasteiger partial charge in [0.15, 0.2) is 0 Å². The van der Waals surface area contributed by atoms with Crippen molar-refractivity contribution in [1.82, 2.24) is 5.16 Å². The maximum atomic E-state index is 10.9. The van der Waals surface area contributed by atoms with Crippen molar-refractivity contribution >= 4 is 11.8 Å². The molecule has 1 aromatic heterocycles. The van der Waals surface area contributed by atoms with Gasteiger partial charge in [0.1, 0.15) is 17.2 Å². The van der Waals surface area contributed by atoms with Crippen LogP contribution in [0.3, 0.4) is 0 Å². The summed E-state index contributed by atoms with van der Waals surface area (Å²) < 4.78 is 4.96. The standard InChI is InChI=1S/C14H16N2O4/c1-7(2)9-4-10(13(19)6-12(9)18)11-5-14(20-16-11)15-8(3)17/h4-7,18-19H,1-3H3,(H,15,17). The SMILES string of the molecule is CC(=O)Nc1cc(-c2cc(C(C)C)c(O)cc2O)no1. The molecule has 0 saturated carbocycles. The number of nitrogens with one attached hydrogen (secondary N) is 1. The third-order valence-electron chi connectivity index (χ3n) is 2.85. The first-order valence-corrected chi connectivity index (χ1v) is 6.19. The third kappa shape index (κ3) is 2.74. The van der Waals surface area contributed by atoms with Crippen LogP contribution < -0.4 is 5.32 Å². The minimum Gasteiger partial charge on any atom is -0.508 e. The Kier molecular flexibility index (Phi) is 3.65. The zero-order chi connectivity index (χ0) is 14.9. The largest absolute Gasteiger partial charge is 0.508 e. The Balaban J connectivity index is 2.44. The molecule has 0 bridgehead atoms. The van der Waals surface area contributed by atoms with Gasteiger partial charge in [0.05, 0.1) is 0 Å². The van der Waals surface area contributed by atoms with Gasteiger partial charge >= 0.3 is 0 Å². The van der Waals surface area contributed by atoms with E-state index in [-0.39, 0.29) is 29.2 Å². The van der Waals surface area contributed by atoms with E-state index in [1.807, 2.05) is 13.8 Å². The van der Waals surface area contributed by atoms with Crippen LogP contribution in [0.25, 0.3) is 11.3 Å². The molecule has 6 heteroatoms. The zero-order valence-corrected chi connectivity index (χ0v) is 11.5. The number of carbonyl (C=O) groups is 1. The molecule has 0 radical (unpaired) electrons. The van der Waals surface area contributed by atoms with Crippen LogP contribution in [0, 0.1) is 0 Å². The Bertz CT molecular complexity index is 647. The monoisotopic (exact) mass is 276 g/mol. The van der Waals surface area contributed by atoms with Gasteiger partial charge in [0.25, 0.3) is 0 Å². The Morgan fingerprint density at radius 3 is 2.55 bits per heavy atom. The van der Waals surface area contributed by atoms with Crippen molar-refractivity contribution in [1.29, 1.82) is 0 Å². The molecule has 1 amide bonds. The smallest absolute Gasteiger partial charge is 0.231 e. The quantitative estimate of drug-likeness (QED) is 0.801. The van der Waals surface area contributed by atoms with Crippen LogP contribution in [0.4, 0.5) is 5.88 Å². The van der Waals surface area contributed by atoms with Crippen LogP contribution in [-0.2, 0) is 4.79 Å². The number of amides is 1. The summed E-state index contributed by atoms with van der Waals surface area (Å²) in [6.45, 7) is 5.22. The second-order valence-corrected chi connectivity index (χ2v) is 4.84. The molecule has 6 nitrogen and oxygen atoms in total. The Labute approximate surface area is 116 Å². The predicted molar refractivity (Wildman–Crippen MR) is 73.7 cm³/mol. The van der Waals surface area contributed by atoms with Crippen molar-refractivity contribution in [3.05, 3.63) is 23.8 Å². The second-order valence-electron chi connectivity index (χ2n) is 4.84. The van der Waals surface area contributed by atoms with E-state index >= 15 is 0 Å². The summed E-state index contributed by atoms with van der Waals surface area (Å²) in [7, 11) is 0. The summed E-state index contributed by atoms with van der Waals surface area (Å²) in [5, 5.41) is 26.0.